The number of hydrogen-bond acceptors (Lipinski definition) is 6. The van der Waals surface area contributed by atoms with Gasteiger partial charge in [0.1, 0.15) is 11.1 Å². The third-order valence-corrected chi connectivity index (χ3v) is 4.47. The van der Waals surface area contributed by atoms with Crippen LogP contribution < -0.4 is 11.1 Å². The number of anilines is 1. The molecule has 24 heavy (non-hydrogen) atoms. The largest absolute Gasteiger partial charge is 0.365 e. The van der Waals surface area contributed by atoms with Crippen molar-refractivity contribution in [3.8, 4) is 6.07 Å². The molecule has 2 rings (SSSR count). The van der Waals surface area contributed by atoms with Crippen LogP contribution in [0.5, 0.6) is 0 Å². The fraction of sp³-hybridized carbons (Fsp3) is 0.133. The number of primary amides is 1. The Hall–Kier alpha value is -3.25. The number of amides is 2. The standard InChI is InChI=1S/C15H12N4O4S/c1-8-11(7-16)15(24-13(8)14(17)21)18-12(20)6-9-2-4-10(5-3-9)19(22)23/h2-5H,6H2,1H3,(H2,17,21)(H,18,20). The zero-order valence-corrected chi connectivity index (χ0v) is 13.3. The minimum absolute atomic E-state index is 0.0221. The van der Waals surface area contributed by atoms with E-state index in [1.54, 1.807) is 6.92 Å². The maximum absolute atomic E-state index is 12.1. The number of benzene rings is 1. The van der Waals surface area contributed by atoms with E-state index in [-0.39, 0.29) is 27.5 Å². The van der Waals surface area contributed by atoms with Gasteiger partial charge in [0.25, 0.3) is 11.6 Å². The van der Waals surface area contributed by atoms with Crippen molar-refractivity contribution in [3.63, 3.8) is 0 Å². The molecule has 0 saturated carbocycles. The van der Waals surface area contributed by atoms with E-state index in [4.69, 9.17) is 11.0 Å². The molecule has 2 aromatic rings. The van der Waals surface area contributed by atoms with Crippen LogP contribution in [0.3, 0.4) is 0 Å². The number of nitrogens with zero attached hydrogens (tertiary/aromatic N) is 2. The third kappa shape index (κ3) is 3.56. The normalized spacial score (nSPS) is 10.0. The molecule has 0 aliphatic heterocycles. The van der Waals surface area contributed by atoms with E-state index in [9.17, 15) is 19.7 Å². The van der Waals surface area contributed by atoms with E-state index in [0.29, 0.717) is 11.1 Å². The van der Waals surface area contributed by atoms with Gasteiger partial charge in [0.05, 0.1) is 21.8 Å². The van der Waals surface area contributed by atoms with E-state index in [1.807, 2.05) is 6.07 Å². The van der Waals surface area contributed by atoms with Crippen molar-refractivity contribution in [2.45, 2.75) is 13.3 Å². The summed E-state index contributed by atoms with van der Waals surface area (Å²) in [6.45, 7) is 1.58. The molecule has 1 heterocycles. The Morgan fingerprint density at radius 1 is 1.38 bits per heavy atom. The molecule has 0 aliphatic carbocycles. The van der Waals surface area contributed by atoms with Crippen LogP contribution in [0.25, 0.3) is 0 Å². The highest BCUT2D eigenvalue weighted by molar-refractivity contribution is 7.18. The highest BCUT2D eigenvalue weighted by Crippen LogP contribution is 2.32. The summed E-state index contributed by atoms with van der Waals surface area (Å²) in [5.74, 6) is -1.07. The van der Waals surface area contributed by atoms with Crippen LogP contribution in [0.15, 0.2) is 24.3 Å². The van der Waals surface area contributed by atoms with Gasteiger partial charge < -0.3 is 11.1 Å². The minimum atomic E-state index is -0.662. The Kier molecular flexibility index (Phi) is 4.91. The molecule has 0 radical (unpaired) electrons. The first-order valence-corrected chi connectivity index (χ1v) is 7.51. The summed E-state index contributed by atoms with van der Waals surface area (Å²) in [6.07, 6.45) is -0.0221. The average Bonchev–Trinajstić information content (AvgIpc) is 2.83. The number of nitro benzene ring substituents is 1. The molecule has 0 saturated heterocycles. The quantitative estimate of drug-likeness (QED) is 0.631. The molecular weight excluding hydrogens is 332 g/mol. The van der Waals surface area contributed by atoms with E-state index < -0.39 is 16.7 Å². The Balaban J connectivity index is 2.15. The molecule has 0 unspecified atom stereocenters. The first-order valence-electron chi connectivity index (χ1n) is 6.70. The Morgan fingerprint density at radius 3 is 2.50 bits per heavy atom. The molecule has 3 N–H and O–H groups in total. The molecule has 122 valence electrons. The van der Waals surface area contributed by atoms with Gasteiger partial charge in [-0.3, -0.25) is 19.7 Å². The van der Waals surface area contributed by atoms with Crippen molar-refractivity contribution in [3.05, 3.63) is 55.9 Å². The van der Waals surface area contributed by atoms with Gasteiger partial charge in [0.15, 0.2) is 0 Å². The van der Waals surface area contributed by atoms with Crippen LogP contribution in [0.4, 0.5) is 10.7 Å². The number of carbonyl (C=O) groups excluding carboxylic acids is 2. The summed E-state index contributed by atoms with van der Waals surface area (Å²) in [4.78, 5) is 33.7. The predicted octanol–water partition coefficient (Wildman–Crippen LogP) is 2.12. The molecular formula is C15H12N4O4S. The van der Waals surface area contributed by atoms with Crippen LogP contribution in [0, 0.1) is 28.4 Å². The fourth-order valence-electron chi connectivity index (χ4n) is 2.06. The van der Waals surface area contributed by atoms with Gasteiger partial charge in [0, 0.05) is 12.1 Å². The summed E-state index contributed by atoms with van der Waals surface area (Å²) in [7, 11) is 0. The molecule has 1 aromatic heterocycles. The number of nitriles is 1. The van der Waals surface area contributed by atoms with Crippen molar-refractivity contribution >= 4 is 33.8 Å². The van der Waals surface area contributed by atoms with Gasteiger partial charge in [-0.2, -0.15) is 5.26 Å². The molecule has 0 spiro atoms. The first-order chi connectivity index (χ1) is 11.3. The highest BCUT2D eigenvalue weighted by Gasteiger charge is 2.19. The highest BCUT2D eigenvalue weighted by atomic mass is 32.1. The summed E-state index contributed by atoms with van der Waals surface area (Å²) in [5, 5.41) is 22.6. The first kappa shape index (κ1) is 17.1. The number of hydrogen-bond donors (Lipinski definition) is 2. The lowest BCUT2D eigenvalue weighted by molar-refractivity contribution is -0.384. The number of nitrogens with one attached hydrogen (secondary N) is 1. The Morgan fingerprint density at radius 2 is 2.00 bits per heavy atom. The van der Waals surface area contributed by atoms with Crippen molar-refractivity contribution < 1.29 is 14.5 Å². The van der Waals surface area contributed by atoms with E-state index in [2.05, 4.69) is 5.32 Å². The summed E-state index contributed by atoms with van der Waals surface area (Å²) >= 11 is 0.946. The minimum Gasteiger partial charge on any atom is -0.365 e. The van der Waals surface area contributed by atoms with Crippen molar-refractivity contribution in [1.82, 2.24) is 0 Å². The maximum Gasteiger partial charge on any atom is 0.269 e. The van der Waals surface area contributed by atoms with Crippen molar-refractivity contribution in [1.29, 1.82) is 5.26 Å². The third-order valence-electron chi connectivity index (χ3n) is 3.25. The lowest BCUT2D eigenvalue weighted by Gasteiger charge is -2.03. The summed E-state index contributed by atoms with van der Waals surface area (Å²) < 4.78 is 0. The predicted molar refractivity (Wildman–Crippen MR) is 87.7 cm³/mol. The number of non-ortho nitro benzene ring substituents is 1. The summed E-state index contributed by atoms with van der Waals surface area (Å²) in [6, 6.07) is 7.53. The average molecular weight is 344 g/mol. The monoisotopic (exact) mass is 344 g/mol. The lowest BCUT2D eigenvalue weighted by atomic mass is 10.1. The zero-order valence-electron chi connectivity index (χ0n) is 12.5. The van der Waals surface area contributed by atoms with Crippen LogP contribution in [-0.2, 0) is 11.2 Å². The molecule has 1 aromatic carbocycles. The molecule has 0 bridgehead atoms. The SMILES string of the molecule is Cc1c(C(N)=O)sc(NC(=O)Cc2ccc([N+](=O)[O-])cc2)c1C#N. The second-order valence-electron chi connectivity index (χ2n) is 4.88. The molecule has 0 fully saturated rings. The van der Waals surface area contributed by atoms with Gasteiger partial charge in [-0.15, -0.1) is 11.3 Å². The molecule has 9 heteroatoms. The van der Waals surface area contributed by atoms with Gasteiger partial charge in [-0.1, -0.05) is 12.1 Å². The fourth-order valence-corrected chi connectivity index (χ4v) is 3.09. The Labute approximate surface area is 140 Å². The number of nitrogens with two attached hydrogens (primary N) is 1. The van der Waals surface area contributed by atoms with Gasteiger partial charge in [-0.05, 0) is 18.1 Å². The van der Waals surface area contributed by atoms with Crippen molar-refractivity contribution in [2.24, 2.45) is 5.73 Å². The number of thiophene rings is 1. The van der Waals surface area contributed by atoms with Gasteiger partial charge in [0.2, 0.25) is 5.91 Å². The maximum atomic E-state index is 12.1. The van der Waals surface area contributed by atoms with Gasteiger partial charge in [-0.25, -0.2) is 0 Å². The van der Waals surface area contributed by atoms with Crippen molar-refractivity contribution in [2.75, 3.05) is 5.32 Å². The summed E-state index contributed by atoms with van der Waals surface area (Å²) in [5.41, 5.74) is 6.39. The number of rotatable bonds is 5. The lowest BCUT2D eigenvalue weighted by Crippen LogP contribution is -2.14. The van der Waals surface area contributed by atoms with E-state index in [0.717, 1.165) is 11.3 Å². The second kappa shape index (κ2) is 6.89. The van der Waals surface area contributed by atoms with E-state index >= 15 is 0 Å². The molecule has 0 atom stereocenters. The van der Waals surface area contributed by atoms with Crippen LogP contribution >= 0.6 is 11.3 Å². The number of carbonyl (C=O) groups is 2. The van der Waals surface area contributed by atoms with Crippen LogP contribution in [0.1, 0.15) is 26.4 Å². The smallest absolute Gasteiger partial charge is 0.269 e. The number of nitro groups is 1. The topological polar surface area (TPSA) is 139 Å². The molecule has 0 aliphatic rings. The van der Waals surface area contributed by atoms with Crippen LogP contribution in [0.2, 0.25) is 0 Å². The van der Waals surface area contributed by atoms with E-state index in [1.165, 1.54) is 24.3 Å². The molecule has 2 amide bonds. The zero-order chi connectivity index (χ0) is 17.9. The van der Waals surface area contributed by atoms with Gasteiger partial charge >= 0.3 is 0 Å². The van der Waals surface area contributed by atoms with Crippen LogP contribution in [-0.4, -0.2) is 16.7 Å². The Bertz CT molecular complexity index is 865. The second-order valence-corrected chi connectivity index (χ2v) is 5.91. The molecule has 8 nitrogen and oxygen atoms in total.